The van der Waals surface area contributed by atoms with Crippen molar-refractivity contribution in [1.82, 2.24) is 14.8 Å². The number of anilines is 1. The summed E-state index contributed by atoms with van der Waals surface area (Å²) in [7, 11) is 0. The summed E-state index contributed by atoms with van der Waals surface area (Å²) in [5.41, 5.74) is 5.44. The maximum absolute atomic E-state index is 13.3. The van der Waals surface area contributed by atoms with Crippen LogP contribution in [0.5, 0.6) is 0 Å². The maximum atomic E-state index is 13.3. The smallest absolute Gasteiger partial charge is 0.343 e. The summed E-state index contributed by atoms with van der Waals surface area (Å²) in [6.45, 7) is 2.53. The number of halogens is 1. The Morgan fingerprint density at radius 2 is 2.33 bits per heavy atom. The molecule has 0 unspecified atom stereocenters. The van der Waals surface area contributed by atoms with Crippen LogP contribution in [-0.4, -0.2) is 14.8 Å². The highest BCUT2D eigenvalue weighted by molar-refractivity contribution is 7.99. The summed E-state index contributed by atoms with van der Waals surface area (Å²) >= 11 is 1.17. The lowest BCUT2D eigenvalue weighted by Gasteiger charge is -2.06. The summed E-state index contributed by atoms with van der Waals surface area (Å²) in [5, 5.41) is 6.77. The summed E-state index contributed by atoms with van der Waals surface area (Å²) < 4.78 is 14.8. The van der Waals surface area contributed by atoms with E-state index >= 15 is 0 Å². The van der Waals surface area contributed by atoms with Crippen LogP contribution in [0.15, 0.2) is 33.0 Å². The van der Waals surface area contributed by atoms with Gasteiger partial charge in [-0.1, -0.05) is 13.0 Å². The number of nitrogens with one attached hydrogen (secondary N) is 1. The SMILES string of the molecule is CCCn1c(Sc2cccc(F)c2N)n[nH]c1=O. The molecule has 0 aliphatic rings. The molecule has 18 heavy (non-hydrogen) atoms. The molecule has 7 heteroatoms. The molecule has 0 fully saturated rings. The minimum Gasteiger partial charge on any atom is -0.395 e. The first-order chi connectivity index (χ1) is 8.63. The van der Waals surface area contributed by atoms with Crippen LogP contribution in [0.3, 0.4) is 0 Å². The molecule has 2 rings (SSSR count). The van der Waals surface area contributed by atoms with Gasteiger partial charge < -0.3 is 5.73 Å². The molecule has 96 valence electrons. The van der Waals surface area contributed by atoms with Crippen LogP contribution in [-0.2, 0) is 6.54 Å². The van der Waals surface area contributed by atoms with Gasteiger partial charge >= 0.3 is 5.69 Å². The molecule has 0 aliphatic heterocycles. The molecular formula is C11H13FN4OS. The first-order valence-corrected chi connectivity index (χ1v) is 6.32. The Labute approximate surface area is 107 Å². The Morgan fingerprint density at radius 3 is 3.06 bits per heavy atom. The Balaban J connectivity index is 2.34. The zero-order valence-electron chi connectivity index (χ0n) is 9.81. The number of para-hydroxylation sites is 1. The molecule has 0 atom stereocenters. The molecule has 0 spiro atoms. The number of aromatic nitrogens is 3. The first-order valence-electron chi connectivity index (χ1n) is 5.50. The summed E-state index contributed by atoms with van der Waals surface area (Å²) in [6, 6.07) is 4.56. The Bertz CT molecular complexity index is 607. The molecule has 2 aromatic rings. The van der Waals surface area contributed by atoms with Gasteiger partial charge in [-0.3, -0.25) is 4.57 Å². The molecule has 1 aromatic heterocycles. The monoisotopic (exact) mass is 268 g/mol. The second-order valence-corrected chi connectivity index (χ2v) is 4.73. The maximum Gasteiger partial charge on any atom is 0.343 e. The van der Waals surface area contributed by atoms with Gasteiger partial charge in [-0.25, -0.2) is 14.3 Å². The predicted molar refractivity (Wildman–Crippen MR) is 68.1 cm³/mol. The van der Waals surface area contributed by atoms with Gasteiger partial charge in [0.25, 0.3) is 0 Å². The summed E-state index contributed by atoms with van der Waals surface area (Å²) in [5.74, 6) is -0.472. The lowest BCUT2D eigenvalue weighted by molar-refractivity contribution is 0.603. The highest BCUT2D eigenvalue weighted by atomic mass is 32.2. The van der Waals surface area contributed by atoms with Gasteiger partial charge in [0.15, 0.2) is 5.16 Å². The van der Waals surface area contributed by atoms with Crippen LogP contribution in [0, 0.1) is 5.82 Å². The Hall–Kier alpha value is -1.76. The number of benzene rings is 1. The van der Waals surface area contributed by atoms with Gasteiger partial charge in [-0.15, -0.1) is 5.10 Å². The number of hydrogen-bond acceptors (Lipinski definition) is 4. The molecule has 0 amide bonds. The number of hydrogen-bond donors (Lipinski definition) is 2. The lowest BCUT2D eigenvalue weighted by atomic mass is 10.3. The fourth-order valence-electron chi connectivity index (χ4n) is 1.51. The molecule has 3 N–H and O–H groups in total. The third kappa shape index (κ3) is 2.40. The second kappa shape index (κ2) is 5.26. The molecule has 0 saturated carbocycles. The highest BCUT2D eigenvalue weighted by Crippen LogP contribution is 2.31. The number of nitrogen functional groups attached to an aromatic ring is 1. The Morgan fingerprint density at radius 1 is 1.56 bits per heavy atom. The van der Waals surface area contributed by atoms with E-state index in [0.717, 1.165) is 6.42 Å². The zero-order chi connectivity index (χ0) is 13.1. The van der Waals surface area contributed by atoms with Crippen molar-refractivity contribution >= 4 is 17.4 Å². The van der Waals surface area contributed by atoms with E-state index in [0.29, 0.717) is 16.6 Å². The molecule has 5 nitrogen and oxygen atoms in total. The molecule has 0 bridgehead atoms. The number of nitrogens with two attached hydrogens (primary N) is 1. The van der Waals surface area contributed by atoms with Gasteiger partial charge in [-0.05, 0) is 30.3 Å². The van der Waals surface area contributed by atoms with Crippen LogP contribution in [0.2, 0.25) is 0 Å². The topological polar surface area (TPSA) is 76.7 Å². The zero-order valence-corrected chi connectivity index (χ0v) is 10.6. The van der Waals surface area contributed by atoms with Crippen molar-refractivity contribution < 1.29 is 4.39 Å². The van der Waals surface area contributed by atoms with Crippen LogP contribution in [0.25, 0.3) is 0 Å². The minimum absolute atomic E-state index is 0.0704. The number of rotatable bonds is 4. The van der Waals surface area contributed by atoms with Gasteiger partial charge in [0, 0.05) is 11.4 Å². The van der Waals surface area contributed by atoms with E-state index < -0.39 is 5.82 Å². The van der Waals surface area contributed by atoms with Crippen molar-refractivity contribution in [3.05, 3.63) is 34.5 Å². The fourth-order valence-corrected chi connectivity index (χ4v) is 2.43. The van der Waals surface area contributed by atoms with Crippen LogP contribution in [0.4, 0.5) is 10.1 Å². The van der Waals surface area contributed by atoms with Crippen molar-refractivity contribution in [3.8, 4) is 0 Å². The molecule has 1 heterocycles. The van der Waals surface area contributed by atoms with Crippen molar-refractivity contribution in [2.24, 2.45) is 0 Å². The second-order valence-electron chi connectivity index (χ2n) is 3.72. The van der Waals surface area contributed by atoms with E-state index in [4.69, 9.17) is 5.73 Å². The van der Waals surface area contributed by atoms with Crippen LogP contribution < -0.4 is 11.4 Å². The quantitative estimate of drug-likeness (QED) is 0.830. The Kier molecular flexibility index (Phi) is 3.71. The molecule has 0 aliphatic carbocycles. The average Bonchev–Trinajstić information content (AvgIpc) is 2.68. The minimum atomic E-state index is -0.472. The third-order valence-electron chi connectivity index (χ3n) is 2.38. The van der Waals surface area contributed by atoms with Gasteiger partial charge in [0.2, 0.25) is 0 Å². The van der Waals surface area contributed by atoms with Gasteiger partial charge in [0.1, 0.15) is 5.82 Å². The van der Waals surface area contributed by atoms with Crippen molar-refractivity contribution in [2.75, 3.05) is 5.73 Å². The van der Waals surface area contributed by atoms with Crippen LogP contribution >= 0.6 is 11.8 Å². The molecular weight excluding hydrogens is 255 g/mol. The lowest BCUT2D eigenvalue weighted by Crippen LogP contribution is -2.17. The highest BCUT2D eigenvalue weighted by Gasteiger charge is 2.12. The van der Waals surface area contributed by atoms with Crippen molar-refractivity contribution in [2.45, 2.75) is 29.9 Å². The largest absolute Gasteiger partial charge is 0.395 e. The number of nitrogens with zero attached hydrogens (tertiary/aromatic N) is 2. The van der Waals surface area contributed by atoms with Gasteiger partial charge in [0.05, 0.1) is 5.69 Å². The molecule has 0 saturated heterocycles. The molecule has 0 radical (unpaired) electrons. The molecule has 1 aromatic carbocycles. The van der Waals surface area contributed by atoms with E-state index in [9.17, 15) is 9.18 Å². The third-order valence-corrected chi connectivity index (χ3v) is 3.45. The summed E-state index contributed by atoms with van der Waals surface area (Å²) in [4.78, 5) is 12.0. The standard InChI is InChI=1S/C11H13FN4OS/c1-2-6-16-10(17)14-15-11(16)18-8-5-3-4-7(12)9(8)13/h3-5H,2,6,13H2,1H3,(H,14,17). The first kappa shape index (κ1) is 12.7. The van der Waals surface area contributed by atoms with E-state index in [1.54, 1.807) is 12.1 Å². The summed E-state index contributed by atoms with van der Waals surface area (Å²) in [6.07, 6.45) is 0.811. The number of H-pyrrole nitrogens is 1. The van der Waals surface area contributed by atoms with Crippen molar-refractivity contribution in [3.63, 3.8) is 0 Å². The average molecular weight is 268 g/mol. The van der Waals surface area contributed by atoms with Gasteiger partial charge in [-0.2, -0.15) is 0 Å². The number of aromatic amines is 1. The fraction of sp³-hybridized carbons (Fsp3) is 0.273. The normalized spacial score (nSPS) is 10.8. The van der Waals surface area contributed by atoms with Crippen LogP contribution in [0.1, 0.15) is 13.3 Å². The van der Waals surface area contributed by atoms with Crippen molar-refractivity contribution in [1.29, 1.82) is 0 Å². The van der Waals surface area contributed by atoms with E-state index in [-0.39, 0.29) is 11.4 Å². The van der Waals surface area contributed by atoms with E-state index in [2.05, 4.69) is 10.2 Å². The van der Waals surface area contributed by atoms with E-state index in [1.165, 1.54) is 22.4 Å². The van der Waals surface area contributed by atoms with E-state index in [1.807, 2.05) is 6.92 Å². The predicted octanol–water partition coefficient (Wildman–Crippen LogP) is 1.85.